The van der Waals surface area contributed by atoms with Gasteiger partial charge in [0.25, 0.3) is 0 Å². The molecule has 2 aromatic rings. The fraction of sp³-hybridized carbons (Fsp3) is 0.300. The number of halogens is 1. The highest BCUT2D eigenvalue weighted by Gasteiger charge is 2.19. The second kappa shape index (κ2) is 8.04. The SMILES string of the molecule is CC(C)(C#N)c1ccc(CC(=O)CCC(=O)c2cc(Cl)ccn2)cc1. The number of carbonyl (C=O) groups is 2. The van der Waals surface area contributed by atoms with Gasteiger partial charge in [-0.15, -0.1) is 0 Å². The van der Waals surface area contributed by atoms with Crippen LogP contribution in [0.1, 0.15) is 48.3 Å². The van der Waals surface area contributed by atoms with Crippen LogP contribution in [0.15, 0.2) is 42.6 Å². The van der Waals surface area contributed by atoms with Crippen LogP contribution in [-0.2, 0) is 16.6 Å². The first-order valence-corrected chi connectivity index (χ1v) is 8.37. The normalized spacial score (nSPS) is 11.0. The maximum atomic E-state index is 12.1. The van der Waals surface area contributed by atoms with Crippen molar-refractivity contribution in [2.24, 2.45) is 0 Å². The van der Waals surface area contributed by atoms with Gasteiger partial charge in [-0.2, -0.15) is 5.26 Å². The zero-order valence-corrected chi connectivity index (χ0v) is 15.0. The monoisotopic (exact) mass is 354 g/mol. The number of aromatic nitrogens is 1. The molecule has 0 saturated carbocycles. The first kappa shape index (κ1) is 18.8. The summed E-state index contributed by atoms with van der Waals surface area (Å²) < 4.78 is 0. The summed E-state index contributed by atoms with van der Waals surface area (Å²) in [5.41, 5.74) is 1.51. The third kappa shape index (κ3) is 5.23. The van der Waals surface area contributed by atoms with Gasteiger partial charge >= 0.3 is 0 Å². The van der Waals surface area contributed by atoms with Crippen LogP contribution in [0.2, 0.25) is 5.02 Å². The number of carbonyl (C=O) groups excluding carboxylic acids is 2. The van der Waals surface area contributed by atoms with Crippen LogP contribution in [0.3, 0.4) is 0 Å². The fourth-order valence-corrected chi connectivity index (χ4v) is 2.52. The number of nitriles is 1. The number of hydrogen-bond donors (Lipinski definition) is 0. The number of pyridine rings is 1. The zero-order valence-electron chi connectivity index (χ0n) is 14.3. The summed E-state index contributed by atoms with van der Waals surface area (Å²) in [5, 5.41) is 9.59. The molecule has 0 saturated heterocycles. The molecule has 2 rings (SSSR count). The molecular weight excluding hydrogens is 336 g/mol. The average Bonchev–Trinajstić information content (AvgIpc) is 2.60. The standard InChI is InChI=1S/C20H19ClN2O2/c1-20(2,13-22)15-5-3-14(4-6-15)11-17(24)7-8-19(25)18-12-16(21)9-10-23-18/h3-6,9-10,12H,7-8,11H2,1-2H3. The number of nitrogens with zero attached hydrogens (tertiary/aromatic N) is 2. The van der Waals surface area contributed by atoms with Gasteiger partial charge in [-0.1, -0.05) is 35.9 Å². The third-order valence-corrected chi connectivity index (χ3v) is 4.23. The van der Waals surface area contributed by atoms with Crippen LogP contribution in [0, 0.1) is 11.3 Å². The van der Waals surface area contributed by atoms with Gasteiger partial charge in [-0.05, 0) is 37.1 Å². The summed E-state index contributed by atoms with van der Waals surface area (Å²) in [6.45, 7) is 3.70. The van der Waals surface area contributed by atoms with Gasteiger partial charge in [0, 0.05) is 30.5 Å². The lowest BCUT2D eigenvalue weighted by Gasteiger charge is -2.15. The number of hydrogen-bond acceptors (Lipinski definition) is 4. The van der Waals surface area contributed by atoms with E-state index in [0.29, 0.717) is 5.02 Å². The van der Waals surface area contributed by atoms with Crippen molar-refractivity contribution in [3.05, 3.63) is 64.4 Å². The Morgan fingerprint density at radius 3 is 2.44 bits per heavy atom. The van der Waals surface area contributed by atoms with Crippen molar-refractivity contribution in [3.63, 3.8) is 0 Å². The van der Waals surface area contributed by atoms with Crippen LogP contribution in [0.4, 0.5) is 0 Å². The molecule has 0 fully saturated rings. The Hall–Kier alpha value is -2.51. The van der Waals surface area contributed by atoms with Crippen LogP contribution in [-0.4, -0.2) is 16.6 Å². The fourth-order valence-electron chi connectivity index (χ4n) is 2.36. The Kier molecular flexibility index (Phi) is 6.06. The lowest BCUT2D eigenvalue weighted by Crippen LogP contribution is -2.14. The highest BCUT2D eigenvalue weighted by Crippen LogP contribution is 2.22. The van der Waals surface area contributed by atoms with E-state index in [0.717, 1.165) is 11.1 Å². The molecule has 1 aromatic heterocycles. The molecular formula is C20H19ClN2O2. The molecule has 1 heterocycles. The Morgan fingerprint density at radius 1 is 1.16 bits per heavy atom. The van der Waals surface area contributed by atoms with Gasteiger partial charge in [0.2, 0.25) is 0 Å². The predicted octanol–water partition coefficient (Wildman–Crippen LogP) is 4.31. The molecule has 0 aliphatic rings. The molecule has 128 valence electrons. The van der Waals surface area contributed by atoms with Crippen molar-refractivity contribution in [2.45, 2.75) is 38.5 Å². The molecule has 1 aromatic carbocycles. The van der Waals surface area contributed by atoms with Crippen molar-refractivity contribution in [1.29, 1.82) is 5.26 Å². The number of benzene rings is 1. The van der Waals surface area contributed by atoms with Gasteiger partial charge in [-0.25, -0.2) is 0 Å². The molecule has 4 nitrogen and oxygen atoms in total. The van der Waals surface area contributed by atoms with Crippen LogP contribution < -0.4 is 0 Å². The minimum Gasteiger partial charge on any atom is -0.299 e. The average molecular weight is 355 g/mol. The summed E-state index contributed by atoms with van der Waals surface area (Å²) in [5.74, 6) is -0.204. The first-order chi connectivity index (χ1) is 11.8. The Balaban J connectivity index is 1.90. The summed E-state index contributed by atoms with van der Waals surface area (Å²) in [6.07, 6.45) is 2.02. The number of rotatable bonds is 7. The van der Waals surface area contributed by atoms with Crippen LogP contribution >= 0.6 is 11.6 Å². The highest BCUT2D eigenvalue weighted by molar-refractivity contribution is 6.30. The number of ketones is 2. The van der Waals surface area contributed by atoms with E-state index in [1.165, 1.54) is 12.3 Å². The van der Waals surface area contributed by atoms with Crippen LogP contribution in [0.25, 0.3) is 0 Å². The molecule has 0 spiro atoms. The molecule has 25 heavy (non-hydrogen) atoms. The minimum absolute atomic E-state index is 0.0114. The predicted molar refractivity (Wildman–Crippen MR) is 96.6 cm³/mol. The van der Waals surface area contributed by atoms with E-state index in [4.69, 9.17) is 16.9 Å². The Morgan fingerprint density at radius 2 is 1.84 bits per heavy atom. The van der Waals surface area contributed by atoms with Crippen molar-refractivity contribution in [2.75, 3.05) is 0 Å². The minimum atomic E-state index is -0.557. The lowest BCUT2D eigenvalue weighted by molar-refractivity contribution is -0.118. The quantitative estimate of drug-likeness (QED) is 0.694. The van der Waals surface area contributed by atoms with E-state index in [1.54, 1.807) is 6.07 Å². The van der Waals surface area contributed by atoms with Gasteiger partial charge in [0.1, 0.15) is 11.5 Å². The van der Waals surface area contributed by atoms with E-state index >= 15 is 0 Å². The molecule has 0 aliphatic carbocycles. The smallest absolute Gasteiger partial charge is 0.181 e. The number of Topliss-reactive ketones (excluding diaryl/α,β-unsaturated/α-hetero) is 2. The van der Waals surface area contributed by atoms with Crippen molar-refractivity contribution < 1.29 is 9.59 Å². The Labute approximate surface area is 152 Å². The van der Waals surface area contributed by atoms with Crippen molar-refractivity contribution in [1.82, 2.24) is 4.98 Å². The second-order valence-corrected chi connectivity index (χ2v) is 6.87. The first-order valence-electron chi connectivity index (χ1n) is 7.99. The topological polar surface area (TPSA) is 70.8 Å². The summed E-state index contributed by atoms with van der Waals surface area (Å²) >= 11 is 5.83. The van der Waals surface area contributed by atoms with Gasteiger partial charge in [-0.3, -0.25) is 14.6 Å². The summed E-state index contributed by atoms with van der Waals surface area (Å²) in [7, 11) is 0. The van der Waals surface area contributed by atoms with E-state index in [9.17, 15) is 9.59 Å². The lowest BCUT2D eigenvalue weighted by atomic mass is 9.86. The molecule has 0 atom stereocenters. The second-order valence-electron chi connectivity index (χ2n) is 6.43. The van der Waals surface area contributed by atoms with Gasteiger partial charge in [0.15, 0.2) is 5.78 Å². The van der Waals surface area contributed by atoms with Crippen molar-refractivity contribution >= 4 is 23.2 Å². The van der Waals surface area contributed by atoms with Crippen molar-refractivity contribution in [3.8, 4) is 6.07 Å². The summed E-state index contributed by atoms with van der Waals surface area (Å²) in [6, 6.07) is 12.8. The molecule has 0 radical (unpaired) electrons. The molecule has 0 bridgehead atoms. The molecule has 5 heteroatoms. The molecule has 0 amide bonds. The molecule has 0 aliphatic heterocycles. The maximum absolute atomic E-state index is 12.1. The van der Waals surface area contributed by atoms with E-state index in [2.05, 4.69) is 11.1 Å². The zero-order chi connectivity index (χ0) is 18.4. The van der Waals surface area contributed by atoms with Crippen LogP contribution in [0.5, 0.6) is 0 Å². The Bertz CT molecular complexity index is 820. The largest absolute Gasteiger partial charge is 0.299 e. The van der Waals surface area contributed by atoms with E-state index in [1.807, 2.05) is 38.1 Å². The molecule has 0 N–H and O–H groups in total. The van der Waals surface area contributed by atoms with Gasteiger partial charge < -0.3 is 0 Å². The molecule has 0 unspecified atom stereocenters. The van der Waals surface area contributed by atoms with E-state index < -0.39 is 5.41 Å². The maximum Gasteiger partial charge on any atom is 0.181 e. The van der Waals surface area contributed by atoms with E-state index in [-0.39, 0.29) is 36.5 Å². The third-order valence-electron chi connectivity index (χ3n) is 3.99. The highest BCUT2D eigenvalue weighted by atomic mass is 35.5. The summed E-state index contributed by atoms with van der Waals surface area (Å²) in [4.78, 5) is 28.1. The van der Waals surface area contributed by atoms with Gasteiger partial charge in [0.05, 0.1) is 11.5 Å².